The Balaban J connectivity index is 0.000000771. The summed E-state index contributed by atoms with van der Waals surface area (Å²) in [6, 6.07) is 5.60. The minimum Gasteiger partial charge on any atom is -0.368 e. The third-order valence-electron chi connectivity index (χ3n) is 2.64. The number of H-pyrrole nitrogens is 1. The van der Waals surface area contributed by atoms with Crippen LogP contribution in [-0.2, 0) is 11.2 Å². The first kappa shape index (κ1) is 14.2. The lowest BCUT2D eigenvalue weighted by Gasteiger charge is -2.11. The molecule has 1 aromatic heterocycles. The van der Waals surface area contributed by atoms with E-state index in [9.17, 15) is 4.79 Å². The van der Waals surface area contributed by atoms with E-state index in [1.807, 2.05) is 32.0 Å². The minimum atomic E-state index is -0.341. The number of nitrogens with zero attached hydrogens (tertiary/aromatic N) is 1. The third-order valence-corrected chi connectivity index (χ3v) is 2.64. The van der Waals surface area contributed by atoms with E-state index in [-0.39, 0.29) is 11.9 Å². The van der Waals surface area contributed by atoms with Gasteiger partial charge in [-0.1, -0.05) is 26.0 Å². The molecule has 0 saturated carbocycles. The zero-order chi connectivity index (χ0) is 13.5. The quantitative estimate of drug-likeness (QED) is 0.760. The van der Waals surface area contributed by atoms with Crippen LogP contribution in [0.3, 0.4) is 0 Å². The van der Waals surface area contributed by atoms with Gasteiger partial charge in [0.1, 0.15) is 0 Å². The summed E-state index contributed by atoms with van der Waals surface area (Å²) in [5.74, 6) is -0.341. The predicted octanol–water partition coefficient (Wildman–Crippen LogP) is 1.20. The smallest absolute Gasteiger partial charge is 0.234 e. The van der Waals surface area contributed by atoms with E-state index in [0.717, 1.165) is 16.5 Å². The van der Waals surface area contributed by atoms with Gasteiger partial charge in [0.15, 0.2) is 0 Å². The van der Waals surface area contributed by atoms with Crippen LogP contribution < -0.4 is 11.1 Å². The van der Waals surface area contributed by atoms with E-state index < -0.39 is 0 Å². The number of amides is 1. The van der Waals surface area contributed by atoms with E-state index in [4.69, 9.17) is 5.73 Å². The maximum Gasteiger partial charge on any atom is 0.234 e. The van der Waals surface area contributed by atoms with Crippen molar-refractivity contribution in [3.63, 3.8) is 0 Å². The van der Waals surface area contributed by atoms with Crippen molar-refractivity contribution < 1.29 is 4.79 Å². The molecule has 0 saturated heterocycles. The van der Waals surface area contributed by atoms with E-state index in [1.165, 1.54) is 0 Å². The van der Waals surface area contributed by atoms with Gasteiger partial charge in [-0.25, -0.2) is 0 Å². The summed E-state index contributed by atoms with van der Waals surface area (Å²) in [6.07, 6.45) is 2.35. The molecule has 1 atom stereocenters. The van der Waals surface area contributed by atoms with Gasteiger partial charge >= 0.3 is 0 Å². The minimum absolute atomic E-state index is 0.333. The number of primary amides is 1. The Morgan fingerprint density at radius 1 is 1.50 bits per heavy atom. The molecular weight excluding hydrogens is 228 g/mol. The number of aromatic nitrogens is 2. The van der Waals surface area contributed by atoms with Gasteiger partial charge < -0.3 is 11.1 Å². The number of carbonyl (C=O) groups excluding carboxylic acids is 1. The van der Waals surface area contributed by atoms with Crippen LogP contribution in [0.5, 0.6) is 0 Å². The maximum absolute atomic E-state index is 11.1. The van der Waals surface area contributed by atoms with Gasteiger partial charge in [0.2, 0.25) is 5.91 Å². The summed E-state index contributed by atoms with van der Waals surface area (Å²) in [5, 5.41) is 10.8. The Morgan fingerprint density at radius 2 is 2.22 bits per heavy atom. The summed E-state index contributed by atoms with van der Waals surface area (Å²) < 4.78 is 0. The average molecular weight is 248 g/mol. The molecule has 0 spiro atoms. The van der Waals surface area contributed by atoms with Crippen molar-refractivity contribution in [2.24, 2.45) is 5.73 Å². The largest absolute Gasteiger partial charge is 0.368 e. The molecule has 0 bridgehead atoms. The Labute approximate surface area is 107 Å². The Hall–Kier alpha value is -1.88. The number of hydrogen-bond acceptors (Lipinski definition) is 3. The zero-order valence-corrected chi connectivity index (χ0v) is 11.0. The molecule has 1 aromatic carbocycles. The summed E-state index contributed by atoms with van der Waals surface area (Å²) >= 11 is 0. The number of nitrogens with one attached hydrogen (secondary N) is 2. The fourth-order valence-electron chi connectivity index (χ4n) is 1.69. The average Bonchev–Trinajstić information content (AvgIpc) is 2.85. The van der Waals surface area contributed by atoms with E-state index in [1.54, 1.807) is 13.2 Å². The molecule has 18 heavy (non-hydrogen) atoms. The van der Waals surface area contributed by atoms with Crippen LogP contribution in [0.4, 0.5) is 0 Å². The highest BCUT2D eigenvalue weighted by Gasteiger charge is 2.13. The van der Waals surface area contributed by atoms with Crippen molar-refractivity contribution in [2.75, 3.05) is 7.05 Å². The number of fused-ring (bicyclic) bond motifs is 1. The van der Waals surface area contributed by atoms with Crippen LogP contribution in [0.1, 0.15) is 19.4 Å². The molecule has 0 aliphatic rings. The monoisotopic (exact) mass is 248 g/mol. The third kappa shape index (κ3) is 3.30. The highest BCUT2D eigenvalue weighted by atomic mass is 16.1. The lowest BCUT2D eigenvalue weighted by molar-refractivity contribution is -0.119. The SMILES string of the molecule is CC.CNC(Cc1ccc2cn[nH]c2c1)C(N)=O. The van der Waals surface area contributed by atoms with Gasteiger partial charge in [-0.05, 0) is 25.1 Å². The highest BCUT2D eigenvalue weighted by Crippen LogP contribution is 2.13. The number of nitrogens with two attached hydrogens (primary N) is 1. The number of benzene rings is 1. The van der Waals surface area contributed by atoms with Gasteiger partial charge in [-0.2, -0.15) is 5.10 Å². The molecule has 1 amide bonds. The van der Waals surface area contributed by atoms with Gasteiger partial charge in [0.05, 0.1) is 17.8 Å². The maximum atomic E-state index is 11.1. The van der Waals surface area contributed by atoms with Crippen molar-refractivity contribution in [2.45, 2.75) is 26.3 Å². The number of carbonyl (C=O) groups is 1. The molecule has 1 unspecified atom stereocenters. The molecule has 0 radical (unpaired) electrons. The highest BCUT2D eigenvalue weighted by molar-refractivity contribution is 5.81. The Bertz CT molecular complexity index is 506. The first-order valence-electron chi connectivity index (χ1n) is 6.09. The molecule has 98 valence electrons. The van der Waals surface area contributed by atoms with Crippen LogP contribution in [0.2, 0.25) is 0 Å². The second-order valence-corrected chi connectivity index (χ2v) is 3.74. The number of rotatable bonds is 4. The number of aromatic amines is 1. The molecule has 2 rings (SSSR count). The van der Waals surface area contributed by atoms with E-state index in [2.05, 4.69) is 15.5 Å². The summed E-state index contributed by atoms with van der Waals surface area (Å²) in [5.41, 5.74) is 7.29. The lowest BCUT2D eigenvalue weighted by Crippen LogP contribution is -2.40. The van der Waals surface area contributed by atoms with Crippen LogP contribution in [0.15, 0.2) is 24.4 Å². The first-order valence-corrected chi connectivity index (χ1v) is 6.09. The summed E-state index contributed by atoms with van der Waals surface area (Å²) in [4.78, 5) is 11.1. The molecule has 4 N–H and O–H groups in total. The fraction of sp³-hybridized carbons (Fsp3) is 0.385. The summed E-state index contributed by atoms with van der Waals surface area (Å²) in [7, 11) is 1.73. The van der Waals surface area contributed by atoms with Crippen molar-refractivity contribution in [3.8, 4) is 0 Å². The standard InChI is InChI=1S/C11H14N4O.C2H6/c1-13-10(11(12)16)5-7-2-3-8-6-14-15-9(8)4-7;1-2/h2-4,6,10,13H,5H2,1H3,(H2,12,16)(H,14,15);1-2H3. The van der Waals surface area contributed by atoms with Crippen LogP contribution >= 0.6 is 0 Å². The second-order valence-electron chi connectivity index (χ2n) is 3.74. The van der Waals surface area contributed by atoms with Gasteiger partial charge in [0.25, 0.3) is 0 Å². The van der Waals surface area contributed by atoms with Crippen LogP contribution in [0, 0.1) is 0 Å². The fourth-order valence-corrected chi connectivity index (χ4v) is 1.69. The normalized spacial score (nSPS) is 11.7. The topological polar surface area (TPSA) is 83.8 Å². The Kier molecular flexibility index (Phi) is 5.32. The van der Waals surface area contributed by atoms with E-state index in [0.29, 0.717) is 6.42 Å². The number of likely N-dealkylation sites (N-methyl/N-ethyl adjacent to an activating group) is 1. The van der Waals surface area contributed by atoms with Crippen LogP contribution in [0.25, 0.3) is 10.9 Å². The number of hydrogen-bond donors (Lipinski definition) is 3. The molecular formula is C13H20N4O. The lowest BCUT2D eigenvalue weighted by atomic mass is 10.0. The van der Waals surface area contributed by atoms with Crippen molar-refractivity contribution in [1.29, 1.82) is 0 Å². The Morgan fingerprint density at radius 3 is 2.83 bits per heavy atom. The first-order chi connectivity index (χ1) is 8.70. The zero-order valence-electron chi connectivity index (χ0n) is 11.0. The molecule has 0 fully saturated rings. The van der Waals surface area contributed by atoms with Crippen molar-refractivity contribution >= 4 is 16.8 Å². The van der Waals surface area contributed by atoms with Crippen molar-refractivity contribution in [3.05, 3.63) is 30.0 Å². The second kappa shape index (κ2) is 6.76. The van der Waals surface area contributed by atoms with Crippen molar-refractivity contribution in [1.82, 2.24) is 15.5 Å². The molecule has 0 aliphatic carbocycles. The molecule has 2 aromatic rings. The molecule has 1 heterocycles. The molecule has 0 aliphatic heterocycles. The molecule has 5 nitrogen and oxygen atoms in total. The van der Waals surface area contributed by atoms with E-state index >= 15 is 0 Å². The van der Waals surface area contributed by atoms with Gasteiger partial charge in [0, 0.05) is 5.39 Å². The van der Waals surface area contributed by atoms with Gasteiger partial charge in [-0.15, -0.1) is 0 Å². The van der Waals surface area contributed by atoms with Crippen LogP contribution in [-0.4, -0.2) is 29.2 Å². The van der Waals surface area contributed by atoms with Gasteiger partial charge in [-0.3, -0.25) is 9.89 Å². The summed E-state index contributed by atoms with van der Waals surface area (Å²) in [6.45, 7) is 4.00. The predicted molar refractivity (Wildman–Crippen MR) is 73.2 cm³/mol. The molecule has 5 heteroatoms.